The van der Waals surface area contributed by atoms with Crippen LogP contribution in [-0.2, 0) is 6.42 Å². The molecule has 0 unspecified atom stereocenters. The molecule has 1 nitrogen and oxygen atoms in total. The monoisotopic (exact) mass is 351 g/mol. The first-order chi connectivity index (χ1) is 11.9. The van der Waals surface area contributed by atoms with E-state index in [0.717, 1.165) is 24.0 Å². The number of halogens is 1. The standard InChI is InChI=1S/C22H22FNS/c1-6-7-20-10-11-21(18(4)14-20)12-16(2)8-9-17(3)13-22(23)19(5)25-15-24/h10-14H,3,5-7H2,1-2,4H3/b16-12+,22-13+. The number of hydrogen-bond donors (Lipinski definition) is 0. The Kier molecular flexibility index (Phi) is 8.54. The van der Waals surface area contributed by atoms with Crippen LogP contribution in [0.15, 0.2) is 59.3 Å². The molecule has 0 bridgehead atoms. The zero-order valence-corrected chi connectivity index (χ0v) is 15.8. The van der Waals surface area contributed by atoms with Gasteiger partial charge in [0.05, 0.1) is 4.91 Å². The summed E-state index contributed by atoms with van der Waals surface area (Å²) in [6.45, 7) is 13.3. The minimum absolute atomic E-state index is 0.0560. The molecule has 0 saturated heterocycles. The molecule has 1 rings (SSSR count). The van der Waals surface area contributed by atoms with Gasteiger partial charge >= 0.3 is 0 Å². The van der Waals surface area contributed by atoms with Gasteiger partial charge in [-0.05, 0) is 66.4 Å². The SMILES string of the molecule is C=C(C#C/C(C)=C/c1ccc(CCC)cc1C)/C=C(/F)C(=C)SC#N. The quantitative estimate of drug-likeness (QED) is 0.332. The number of aryl methyl sites for hydroxylation is 2. The summed E-state index contributed by atoms with van der Waals surface area (Å²) in [6, 6.07) is 6.44. The minimum atomic E-state index is -0.588. The van der Waals surface area contributed by atoms with E-state index >= 15 is 0 Å². The van der Waals surface area contributed by atoms with Crippen molar-refractivity contribution in [2.75, 3.05) is 0 Å². The summed E-state index contributed by atoms with van der Waals surface area (Å²) in [5.41, 5.74) is 4.87. The van der Waals surface area contributed by atoms with E-state index in [0.29, 0.717) is 17.3 Å². The van der Waals surface area contributed by atoms with Crippen molar-refractivity contribution in [3.05, 3.63) is 76.0 Å². The van der Waals surface area contributed by atoms with Gasteiger partial charge in [-0.2, -0.15) is 5.26 Å². The second kappa shape index (κ2) is 10.4. The van der Waals surface area contributed by atoms with Crippen molar-refractivity contribution >= 4 is 17.8 Å². The van der Waals surface area contributed by atoms with Crippen LogP contribution in [0.5, 0.6) is 0 Å². The third-order valence-corrected chi connectivity index (χ3v) is 3.93. The fourth-order valence-electron chi connectivity index (χ4n) is 2.17. The Hall–Kier alpha value is -2.49. The molecule has 0 heterocycles. The number of thioether (sulfide) groups is 1. The van der Waals surface area contributed by atoms with Crippen LogP contribution in [0.25, 0.3) is 6.08 Å². The van der Waals surface area contributed by atoms with Crippen LogP contribution in [0.3, 0.4) is 0 Å². The number of allylic oxidation sites excluding steroid dienone is 4. The molecule has 0 aliphatic rings. The highest BCUT2D eigenvalue weighted by atomic mass is 32.2. The lowest BCUT2D eigenvalue weighted by molar-refractivity contribution is 0.663. The molecule has 0 aliphatic carbocycles. The summed E-state index contributed by atoms with van der Waals surface area (Å²) in [7, 11) is 0. The Morgan fingerprint density at radius 1 is 1.32 bits per heavy atom. The fourth-order valence-corrected chi connectivity index (χ4v) is 2.43. The van der Waals surface area contributed by atoms with E-state index < -0.39 is 5.83 Å². The van der Waals surface area contributed by atoms with Crippen LogP contribution < -0.4 is 0 Å². The molecular weight excluding hydrogens is 329 g/mol. The largest absolute Gasteiger partial charge is 0.206 e. The molecule has 0 saturated carbocycles. The molecule has 1 aromatic carbocycles. The average Bonchev–Trinajstić information content (AvgIpc) is 2.56. The highest BCUT2D eigenvalue weighted by molar-refractivity contribution is 8.07. The fraction of sp³-hybridized carbons (Fsp3) is 0.227. The Labute approximate surface area is 154 Å². The van der Waals surface area contributed by atoms with E-state index in [1.807, 2.05) is 13.0 Å². The number of nitriles is 1. The second-order valence-electron chi connectivity index (χ2n) is 5.65. The topological polar surface area (TPSA) is 23.8 Å². The summed E-state index contributed by atoms with van der Waals surface area (Å²) >= 11 is 0.681. The maximum absolute atomic E-state index is 13.7. The predicted octanol–water partition coefficient (Wildman–Crippen LogP) is 6.49. The number of benzene rings is 1. The van der Waals surface area contributed by atoms with Crippen molar-refractivity contribution in [1.82, 2.24) is 0 Å². The molecule has 0 N–H and O–H groups in total. The van der Waals surface area contributed by atoms with Gasteiger partial charge in [0.2, 0.25) is 0 Å². The normalized spacial score (nSPS) is 11.3. The maximum Gasteiger partial charge on any atom is 0.138 e. The molecule has 0 amide bonds. The first kappa shape index (κ1) is 20.6. The Morgan fingerprint density at radius 2 is 2.04 bits per heavy atom. The summed E-state index contributed by atoms with van der Waals surface area (Å²) in [6.07, 6.45) is 5.41. The van der Waals surface area contributed by atoms with Crippen LogP contribution >= 0.6 is 11.8 Å². The molecule has 0 aromatic heterocycles. The van der Waals surface area contributed by atoms with Crippen molar-refractivity contribution in [2.45, 2.75) is 33.6 Å². The van der Waals surface area contributed by atoms with Gasteiger partial charge < -0.3 is 0 Å². The molecule has 25 heavy (non-hydrogen) atoms. The first-order valence-corrected chi connectivity index (χ1v) is 8.80. The summed E-state index contributed by atoms with van der Waals surface area (Å²) in [5, 5.41) is 10.3. The van der Waals surface area contributed by atoms with Gasteiger partial charge in [-0.3, -0.25) is 0 Å². The highest BCUT2D eigenvalue weighted by Crippen LogP contribution is 2.22. The molecule has 3 heteroatoms. The van der Waals surface area contributed by atoms with Crippen molar-refractivity contribution in [3.8, 4) is 17.2 Å². The lowest BCUT2D eigenvalue weighted by Gasteiger charge is -2.05. The first-order valence-electron chi connectivity index (χ1n) is 7.98. The van der Waals surface area contributed by atoms with E-state index in [4.69, 9.17) is 5.26 Å². The van der Waals surface area contributed by atoms with Gasteiger partial charge in [0.15, 0.2) is 0 Å². The molecule has 128 valence electrons. The Morgan fingerprint density at radius 3 is 2.64 bits per heavy atom. The molecule has 0 fully saturated rings. The number of nitrogens with zero attached hydrogens (tertiary/aromatic N) is 1. The van der Waals surface area contributed by atoms with E-state index in [-0.39, 0.29) is 4.91 Å². The Balaban J connectivity index is 2.88. The van der Waals surface area contributed by atoms with Crippen LogP contribution in [0.2, 0.25) is 0 Å². The summed E-state index contributed by atoms with van der Waals surface area (Å²) in [4.78, 5) is 0.0560. The van der Waals surface area contributed by atoms with E-state index in [1.165, 1.54) is 17.2 Å². The van der Waals surface area contributed by atoms with Crippen molar-refractivity contribution < 1.29 is 4.39 Å². The van der Waals surface area contributed by atoms with E-state index in [2.05, 4.69) is 57.0 Å². The zero-order chi connectivity index (χ0) is 18.8. The number of thiocyanates is 1. The maximum atomic E-state index is 13.7. The molecular formula is C22H22FNS. The van der Waals surface area contributed by atoms with Crippen molar-refractivity contribution in [1.29, 1.82) is 5.26 Å². The summed E-state index contributed by atoms with van der Waals surface area (Å²) < 4.78 is 13.7. The lowest BCUT2D eigenvalue weighted by atomic mass is 10.0. The smallest absolute Gasteiger partial charge is 0.138 e. The van der Waals surface area contributed by atoms with Crippen LogP contribution in [0.1, 0.15) is 37.0 Å². The number of hydrogen-bond acceptors (Lipinski definition) is 2. The third-order valence-electron chi connectivity index (χ3n) is 3.40. The third kappa shape index (κ3) is 7.29. The lowest BCUT2D eigenvalue weighted by Crippen LogP contribution is -1.88. The second-order valence-corrected chi connectivity index (χ2v) is 6.53. The molecule has 0 radical (unpaired) electrons. The van der Waals surface area contributed by atoms with E-state index in [9.17, 15) is 4.39 Å². The summed E-state index contributed by atoms with van der Waals surface area (Å²) in [5.74, 6) is 5.20. The number of rotatable bonds is 6. The van der Waals surface area contributed by atoms with Crippen LogP contribution in [-0.4, -0.2) is 0 Å². The van der Waals surface area contributed by atoms with Gasteiger partial charge in [0.1, 0.15) is 11.2 Å². The molecule has 0 atom stereocenters. The van der Waals surface area contributed by atoms with Crippen molar-refractivity contribution in [3.63, 3.8) is 0 Å². The van der Waals surface area contributed by atoms with Crippen molar-refractivity contribution in [2.24, 2.45) is 0 Å². The van der Waals surface area contributed by atoms with Gasteiger partial charge in [-0.15, -0.1) is 0 Å². The van der Waals surface area contributed by atoms with Gasteiger partial charge in [-0.1, -0.05) is 56.5 Å². The highest BCUT2D eigenvalue weighted by Gasteiger charge is 2.02. The molecule has 0 aliphatic heterocycles. The average molecular weight is 351 g/mol. The predicted molar refractivity (Wildman–Crippen MR) is 107 cm³/mol. The molecule has 1 aromatic rings. The van der Waals surface area contributed by atoms with Crippen LogP contribution in [0, 0.1) is 29.4 Å². The van der Waals surface area contributed by atoms with Crippen LogP contribution in [0.4, 0.5) is 4.39 Å². The zero-order valence-electron chi connectivity index (χ0n) is 14.9. The Bertz CT molecular complexity index is 826. The minimum Gasteiger partial charge on any atom is -0.206 e. The van der Waals surface area contributed by atoms with E-state index in [1.54, 1.807) is 5.40 Å². The molecule has 0 spiro atoms. The van der Waals surface area contributed by atoms with Gasteiger partial charge in [0.25, 0.3) is 0 Å². The van der Waals surface area contributed by atoms with Gasteiger partial charge in [-0.25, -0.2) is 4.39 Å². The van der Waals surface area contributed by atoms with Gasteiger partial charge in [0, 0.05) is 5.57 Å².